The molecule has 0 saturated carbocycles. The summed E-state index contributed by atoms with van der Waals surface area (Å²) >= 11 is 0. The number of nitrogens with two attached hydrogens (primary N) is 1. The first-order valence-corrected chi connectivity index (χ1v) is 6.57. The molecule has 0 spiro atoms. The highest BCUT2D eigenvalue weighted by molar-refractivity contribution is 5.77. The molecule has 0 radical (unpaired) electrons. The van der Waals surface area contributed by atoms with Crippen LogP contribution in [0.1, 0.15) is 13.3 Å². The lowest BCUT2D eigenvalue weighted by Crippen LogP contribution is -2.29. The Morgan fingerprint density at radius 1 is 1.47 bits per heavy atom. The molecule has 0 amide bonds. The van der Waals surface area contributed by atoms with Gasteiger partial charge in [0.25, 0.3) is 0 Å². The molecule has 0 aliphatic heterocycles. The molecule has 0 aliphatic carbocycles. The van der Waals surface area contributed by atoms with Crippen LogP contribution in [0.4, 0.5) is 5.69 Å². The Bertz CT molecular complexity index is 611. The lowest BCUT2D eigenvalue weighted by atomic mass is 10.1. The minimum atomic E-state index is -0.330. The summed E-state index contributed by atoms with van der Waals surface area (Å²) in [4.78, 5) is 13.6. The van der Waals surface area contributed by atoms with E-state index in [2.05, 4.69) is 11.8 Å². The van der Waals surface area contributed by atoms with Gasteiger partial charge in [0.2, 0.25) is 0 Å². The average Bonchev–Trinajstić information content (AvgIpc) is 2.71. The van der Waals surface area contributed by atoms with Crippen LogP contribution in [0, 0.1) is 5.92 Å². The molecule has 0 aliphatic rings. The average molecular weight is 263 g/mol. The van der Waals surface area contributed by atoms with Gasteiger partial charge < -0.3 is 15.1 Å². The van der Waals surface area contributed by atoms with Crippen LogP contribution >= 0.6 is 0 Å². The van der Waals surface area contributed by atoms with Crippen molar-refractivity contribution in [2.75, 3.05) is 25.0 Å². The van der Waals surface area contributed by atoms with E-state index in [1.165, 1.54) is 4.57 Å². The number of hydrogen-bond donors (Lipinski definition) is 1. The molecule has 0 fully saturated rings. The van der Waals surface area contributed by atoms with Crippen LogP contribution in [0.5, 0.6) is 0 Å². The Hall–Kier alpha value is -1.75. The monoisotopic (exact) mass is 263 g/mol. The predicted octanol–water partition coefficient (Wildman–Crippen LogP) is 1.55. The maximum atomic E-state index is 11.5. The first kappa shape index (κ1) is 13.7. The van der Waals surface area contributed by atoms with E-state index < -0.39 is 0 Å². The number of fused-ring (bicyclic) bond motifs is 1. The van der Waals surface area contributed by atoms with Gasteiger partial charge in [0, 0.05) is 26.3 Å². The molecule has 2 N–H and O–H groups in total. The molecule has 104 valence electrons. The Kier molecular flexibility index (Phi) is 3.95. The van der Waals surface area contributed by atoms with Crippen molar-refractivity contribution in [1.29, 1.82) is 0 Å². The summed E-state index contributed by atoms with van der Waals surface area (Å²) in [6.07, 6.45) is 1.06. The highest BCUT2D eigenvalue weighted by atomic mass is 16.4. The summed E-state index contributed by atoms with van der Waals surface area (Å²) in [5.74, 6) is 0.150. The quantitative estimate of drug-likeness (QED) is 0.889. The molecule has 2 aromatic rings. The Balaban J connectivity index is 2.29. The van der Waals surface area contributed by atoms with Gasteiger partial charge in [0.05, 0.1) is 5.52 Å². The third-order valence-electron chi connectivity index (χ3n) is 3.66. The van der Waals surface area contributed by atoms with E-state index in [0.29, 0.717) is 18.0 Å². The van der Waals surface area contributed by atoms with E-state index in [9.17, 15) is 4.79 Å². The topological polar surface area (TPSA) is 64.4 Å². The SMILES string of the molecule is CCC(CN)CN(C)c1ccc2oc(=O)n(C)c2c1. The summed E-state index contributed by atoms with van der Waals surface area (Å²) in [5, 5.41) is 0. The van der Waals surface area contributed by atoms with E-state index in [1.807, 2.05) is 25.2 Å². The number of hydrogen-bond acceptors (Lipinski definition) is 4. The van der Waals surface area contributed by atoms with Crippen molar-refractivity contribution in [3.05, 3.63) is 28.7 Å². The second-order valence-corrected chi connectivity index (χ2v) is 4.97. The second-order valence-electron chi connectivity index (χ2n) is 4.97. The standard InChI is InChI=1S/C14H21N3O2/c1-4-10(8-15)9-16(2)11-5-6-13-12(7-11)17(3)14(18)19-13/h5-7,10H,4,8-9,15H2,1-3H3. The van der Waals surface area contributed by atoms with Gasteiger partial charge in [0.1, 0.15) is 0 Å². The Morgan fingerprint density at radius 3 is 2.84 bits per heavy atom. The molecule has 1 aromatic carbocycles. The maximum Gasteiger partial charge on any atom is 0.419 e. The van der Waals surface area contributed by atoms with E-state index >= 15 is 0 Å². The number of anilines is 1. The lowest BCUT2D eigenvalue weighted by molar-refractivity contribution is 0.521. The van der Waals surface area contributed by atoms with Crippen LogP contribution in [-0.4, -0.2) is 24.7 Å². The summed E-state index contributed by atoms with van der Waals surface area (Å²) < 4.78 is 6.65. The zero-order valence-electron chi connectivity index (χ0n) is 11.7. The van der Waals surface area contributed by atoms with Crippen LogP contribution in [0.3, 0.4) is 0 Å². The summed E-state index contributed by atoms with van der Waals surface area (Å²) in [6.45, 7) is 3.74. The van der Waals surface area contributed by atoms with Gasteiger partial charge in [-0.25, -0.2) is 4.79 Å². The molecule has 2 rings (SSSR count). The molecule has 0 saturated heterocycles. The fourth-order valence-electron chi connectivity index (χ4n) is 2.22. The first-order valence-electron chi connectivity index (χ1n) is 6.57. The molecule has 1 unspecified atom stereocenters. The largest absolute Gasteiger partial charge is 0.419 e. The van der Waals surface area contributed by atoms with E-state index in [1.54, 1.807) is 7.05 Å². The van der Waals surface area contributed by atoms with Crippen LogP contribution in [0.2, 0.25) is 0 Å². The molecule has 19 heavy (non-hydrogen) atoms. The summed E-state index contributed by atoms with van der Waals surface area (Å²) in [5.41, 5.74) is 8.24. The fourth-order valence-corrected chi connectivity index (χ4v) is 2.22. The zero-order valence-corrected chi connectivity index (χ0v) is 11.7. The van der Waals surface area contributed by atoms with Gasteiger partial charge in [-0.05, 0) is 30.7 Å². The minimum Gasteiger partial charge on any atom is -0.408 e. The van der Waals surface area contributed by atoms with Gasteiger partial charge in [0.15, 0.2) is 5.58 Å². The molecule has 1 heterocycles. The van der Waals surface area contributed by atoms with Crippen LogP contribution in [0.15, 0.2) is 27.4 Å². The number of benzene rings is 1. The van der Waals surface area contributed by atoms with Crippen molar-refractivity contribution < 1.29 is 4.42 Å². The van der Waals surface area contributed by atoms with Crippen molar-refractivity contribution in [2.24, 2.45) is 18.7 Å². The third-order valence-corrected chi connectivity index (χ3v) is 3.66. The normalized spacial score (nSPS) is 12.8. The van der Waals surface area contributed by atoms with Gasteiger partial charge >= 0.3 is 5.76 Å². The number of aromatic nitrogens is 1. The molecule has 5 heteroatoms. The van der Waals surface area contributed by atoms with Crippen molar-refractivity contribution in [1.82, 2.24) is 4.57 Å². The van der Waals surface area contributed by atoms with Crippen molar-refractivity contribution in [3.8, 4) is 0 Å². The number of rotatable bonds is 5. The third kappa shape index (κ3) is 2.66. The van der Waals surface area contributed by atoms with Gasteiger partial charge in [-0.3, -0.25) is 4.57 Å². The molecule has 0 bridgehead atoms. The minimum absolute atomic E-state index is 0.330. The van der Waals surface area contributed by atoms with Crippen LogP contribution in [0.25, 0.3) is 11.1 Å². The lowest BCUT2D eigenvalue weighted by Gasteiger charge is -2.24. The number of nitrogens with zero attached hydrogens (tertiary/aromatic N) is 2. The predicted molar refractivity (Wildman–Crippen MR) is 77.6 cm³/mol. The van der Waals surface area contributed by atoms with Crippen molar-refractivity contribution >= 4 is 16.8 Å². The van der Waals surface area contributed by atoms with Crippen LogP contribution in [-0.2, 0) is 7.05 Å². The molecule has 5 nitrogen and oxygen atoms in total. The Morgan fingerprint density at radius 2 is 2.21 bits per heavy atom. The van der Waals surface area contributed by atoms with E-state index in [0.717, 1.165) is 24.2 Å². The van der Waals surface area contributed by atoms with E-state index in [4.69, 9.17) is 10.2 Å². The zero-order chi connectivity index (χ0) is 14.0. The highest BCUT2D eigenvalue weighted by Gasteiger charge is 2.11. The summed E-state index contributed by atoms with van der Waals surface area (Å²) in [7, 11) is 3.75. The smallest absolute Gasteiger partial charge is 0.408 e. The van der Waals surface area contributed by atoms with Gasteiger partial charge in [-0.2, -0.15) is 0 Å². The van der Waals surface area contributed by atoms with Crippen molar-refractivity contribution in [3.63, 3.8) is 0 Å². The molecular weight excluding hydrogens is 242 g/mol. The maximum absolute atomic E-state index is 11.5. The second kappa shape index (κ2) is 5.48. The molecule has 1 atom stereocenters. The fraction of sp³-hybridized carbons (Fsp3) is 0.500. The number of oxazole rings is 1. The van der Waals surface area contributed by atoms with Crippen LogP contribution < -0.4 is 16.4 Å². The van der Waals surface area contributed by atoms with Gasteiger partial charge in [-0.1, -0.05) is 13.3 Å². The highest BCUT2D eigenvalue weighted by Crippen LogP contribution is 2.21. The first-order chi connectivity index (χ1) is 9.06. The molecular formula is C14H21N3O2. The molecule has 1 aromatic heterocycles. The van der Waals surface area contributed by atoms with E-state index in [-0.39, 0.29) is 5.76 Å². The Labute approximate surface area is 112 Å². The number of aryl methyl sites for hydroxylation is 1. The van der Waals surface area contributed by atoms with Gasteiger partial charge in [-0.15, -0.1) is 0 Å². The summed E-state index contributed by atoms with van der Waals surface area (Å²) in [6, 6.07) is 5.78. The van der Waals surface area contributed by atoms with Crippen molar-refractivity contribution in [2.45, 2.75) is 13.3 Å².